The molecule has 0 atom stereocenters. The number of aryl methyl sites for hydroxylation is 1. The van der Waals surface area contributed by atoms with Crippen LogP contribution in [0.4, 0.5) is 0 Å². The summed E-state index contributed by atoms with van der Waals surface area (Å²) in [6.07, 6.45) is 2.55. The van der Waals surface area contributed by atoms with Crippen LogP contribution in [-0.2, 0) is 12.8 Å². The van der Waals surface area contributed by atoms with Crippen LogP contribution in [0.3, 0.4) is 0 Å². The number of phenolic OH excluding ortho intramolecular Hbond substituents is 3. The van der Waals surface area contributed by atoms with Gasteiger partial charge in [0, 0.05) is 23.3 Å². The normalized spacial score (nSPS) is 15.1. The second-order valence-corrected chi connectivity index (χ2v) is 9.31. The van der Waals surface area contributed by atoms with Crippen LogP contribution in [0.5, 0.6) is 23.0 Å². The quantitative estimate of drug-likeness (QED) is 0.528. The van der Waals surface area contributed by atoms with Crippen molar-refractivity contribution in [2.24, 2.45) is 5.92 Å². The lowest BCUT2D eigenvalue weighted by atomic mass is 9.91. The van der Waals surface area contributed by atoms with Crippen LogP contribution in [0, 0.1) is 5.92 Å². The second-order valence-electron chi connectivity index (χ2n) is 9.31. The summed E-state index contributed by atoms with van der Waals surface area (Å²) >= 11 is 0. The van der Waals surface area contributed by atoms with Gasteiger partial charge in [0.1, 0.15) is 45.3 Å². The lowest BCUT2D eigenvalue weighted by Gasteiger charge is -2.33. The molecule has 1 aliphatic rings. The van der Waals surface area contributed by atoms with Gasteiger partial charge in [0.2, 0.25) is 0 Å². The van der Waals surface area contributed by atoms with Gasteiger partial charge in [0.25, 0.3) is 0 Å². The van der Waals surface area contributed by atoms with Crippen LogP contribution in [-0.4, -0.2) is 20.9 Å². The maximum absolute atomic E-state index is 13.6. The molecule has 0 saturated heterocycles. The van der Waals surface area contributed by atoms with Crippen molar-refractivity contribution in [2.75, 3.05) is 0 Å². The van der Waals surface area contributed by atoms with Crippen molar-refractivity contribution in [3.8, 4) is 34.3 Å². The summed E-state index contributed by atoms with van der Waals surface area (Å²) in [7, 11) is 0. The van der Waals surface area contributed by atoms with Gasteiger partial charge in [-0.3, -0.25) is 4.79 Å². The Bertz CT molecular complexity index is 1220. The average Bonchev–Trinajstić information content (AvgIpc) is 2.65. The minimum absolute atomic E-state index is 0.0845. The molecule has 3 N–H and O–H groups in total. The van der Waals surface area contributed by atoms with E-state index in [-0.39, 0.29) is 45.0 Å². The first-order valence-corrected chi connectivity index (χ1v) is 10.6. The SMILES string of the molecule is CC(C)CCc1c(-c2ccc(O)cc2O)oc2c3c(cc(O)c2c1=O)OC(C)(C)CC3. The van der Waals surface area contributed by atoms with Gasteiger partial charge in [0.05, 0.1) is 5.56 Å². The molecule has 0 bridgehead atoms. The van der Waals surface area contributed by atoms with Gasteiger partial charge in [-0.1, -0.05) is 13.8 Å². The number of hydrogen-bond acceptors (Lipinski definition) is 6. The van der Waals surface area contributed by atoms with Crippen molar-refractivity contribution in [2.45, 2.75) is 59.0 Å². The molecule has 2 heterocycles. The monoisotopic (exact) mass is 424 g/mol. The van der Waals surface area contributed by atoms with Crippen molar-refractivity contribution in [3.63, 3.8) is 0 Å². The molecule has 0 radical (unpaired) electrons. The van der Waals surface area contributed by atoms with E-state index in [4.69, 9.17) is 9.15 Å². The number of hydrogen-bond donors (Lipinski definition) is 3. The van der Waals surface area contributed by atoms with E-state index in [0.29, 0.717) is 35.6 Å². The lowest BCUT2D eigenvalue weighted by molar-refractivity contribution is 0.0846. The number of fused-ring (bicyclic) bond motifs is 3. The van der Waals surface area contributed by atoms with E-state index in [0.717, 1.165) is 18.4 Å². The zero-order chi connectivity index (χ0) is 22.5. The van der Waals surface area contributed by atoms with E-state index in [1.165, 1.54) is 24.3 Å². The molecule has 31 heavy (non-hydrogen) atoms. The molecule has 0 saturated carbocycles. The Hall–Kier alpha value is -3.15. The highest BCUT2D eigenvalue weighted by Crippen LogP contribution is 2.43. The second kappa shape index (κ2) is 7.52. The Labute approximate surface area is 180 Å². The summed E-state index contributed by atoms with van der Waals surface area (Å²) in [6.45, 7) is 8.07. The van der Waals surface area contributed by atoms with Gasteiger partial charge < -0.3 is 24.5 Å². The van der Waals surface area contributed by atoms with Crippen molar-refractivity contribution in [1.29, 1.82) is 0 Å². The molecule has 0 aliphatic carbocycles. The van der Waals surface area contributed by atoms with Gasteiger partial charge in [-0.05, 0) is 57.6 Å². The predicted octanol–water partition coefficient (Wildman–Crippen LogP) is 5.27. The fourth-order valence-electron chi connectivity index (χ4n) is 4.10. The van der Waals surface area contributed by atoms with E-state index in [1.807, 2.05) is 13.8 Å². The molecule has 0 fully saturated rings. The largest absolute Gasteiger partial charge is 0.508 e. The molecule has 4 rings (SSSR count). The fourth-order valence-corrected chi connectivity index (χ4v) is 4.10. The van der Waals surface area contributed by atoms with Crippen molar-refractivity contribution in [1.82, 2.24) is 0 Å². The van der Waals surface area contributed by atoms with Crippen LogP contribution in [0.25, 0.3) is 22.3 Å². The molecular weight excluding hydrogens is 396 g/mol. The average molecular weight is 424 g/mol. The third-order valence-electron chi connectivity index (χ3n) is 5.86. The molecule has 6 heteroatoms. The van der Waals surface area contributed by atoms with Crippen LogP contribution < -0.4 is 10.2 Å². The third kappa shape index (κ3) is 3.82. The molecule has 1 aromatic heterocycles. The van der Waals surface area contributed by atoms with Crippen LogP contribution >= 0.6 is 0 Å². The first-order valence-electron chi connectivity index (χ1n) is 10.6. The maximum atomic E-state index is 13.6. The van der Waals surface area contributed by atoms with Crippen LogP contribution in [0.2, 0.25) is 0 Å². The highest BCUT2D eigenvalue weighted by Gasteiger charge is 2.31. The molecular formula is C25H28O6. The highest BCUT2D eigenvalue weighted by atomic mass is 16.5. The van der Waals surface area contributed by atoms with E-state index < -0.39 is 0 Å². The number of phenols is 3. The molecule has 164 valence electrons. The first-order chi connectivity index (χ1) is 14.6. The highest BCUT2D eigenvalue weighted by molar-refractivity contribution is 5.91. The fraction of sp³-hybridized carbons (Fsp3) is 0.400. The van der Waals surface area contributed by atoms with Crippen LogP contribution in [0.15, 0.2) is 33.5 Å². The molecule has 1 aliphatic heterocycles. The summed E-state index contributed by atoms with van der Waals surface area (Å²) in [5, 5.41) is 31.0. The van der Waals surface area contributed by atoms with Gasteiger partial charge in [-0.25, -0.2) is 0 Å². The number of rotatable bonds is 4. The third-order valence-corrected chi connectivity index (χ3v) is 5.86. The Morgan fingerprint density at radius 3 is 2.52 bits per heavy atom. The minimum Gasteiger partial charge on any atom is -0.508 e. The first kappa shape index (κ1) is 21.1. The summed E-state index contributed by atoms with van der Waals surface area (Å²) in [5.74, 6) is 0.670. The van der Waals surface area contributed by atoms with Crippen LogP contribution in [0.1, 0.15) is 51.7 Å². The summed E-state index contributed by atoms with van der Waals surface area (Å²) < 4.78 is 12.3. The van der Waals surface area contributed by atoms with Gasteiger partial charge >= 0.3 is 0 Å². The number of ether oxygens (including phenoxy) is 1. The topological polar surface area (TPSA) is 100 Å². The maximum Gasteiger partial charge on any atom is 0.200 e. The smallest absolute Gasteiger partial charge is 0.200 e. The number of benzene rings is 2. The van der Waals surface area contributed by atoms with Crippen molar-refractivity contribution >= 4 is 11.0 Å². The van der Waals surface area contributed by atoms with E-state index in [9.17, 15) is 20.1 Å². The molecule has 0 unspecified atom stereocenters. The Balaban J connectivity index is 2.04. The molecule has 0 amide bonds. The molecule has 3 aromatic rings. The van der Waals surface area contributed by atoms with E-state index in [1.54, 1.807) is 0 Å². The zero-order valence-electron chi connectivity index (χ0n) is 18.3. The van der Waals surface area contributed by atoms with E-state index >= 15 is 0 Å². The van der Waals surface area contributed by atoms with Gasteiger partial charge in [0.15, 0.2) is 5.43 Å². The standard InChI is InChI=1S/C25H28O6/c1-13(2)5-7-17-22(29)21-19(28)12-20-16(9-10-25(3,4)31-20)24(21)30-23(17)15-8-6-14(26)11-18(15)27/h6,8,11-13,26-28H,5,7,9-10H2,1-4H3. The zero-order valence-corrected chi connectivity index (χ0v) is 18.3. The van der Waals surface area contributed by atoms with Gasteiger partial charge in [-0.15, -0.1) is 0 Å². The lowest BCUT2D eigenvalue weighted by Crippen LogP contribution is -2.32. The van der Waals surface area contributed by atoms with Crippen molar-refractivity contribution in [3.05, 3.63) is 45.6 Å². The molecule has 6 nitrogen and oxygen atoms in total. The summed E-state index contributed by atoms with van der Waals surface area (Å²) in [5.41, 5.74) is 1.04. The van der Waals surface area contributed by atoms with Gasteiger partial charge in [-0.2, -0.15) is 0 Å². The van der Waals surface area contributed by atoms with E-state index in [2.05, 4.69) is 13.8 Å². The molecule has 0 spiro atoms. The Morgan fingerprint density at radius 1 is 1.10 bits per heavy atom. The summed E-state index contributed by atoms with van der Waals surface area (Å²) in [4.78, 5) is 13.6. The molecule has 2 aromatic carbocycles. The number of aromatic hydroxyl groups is 3. The van der Waals surface area contributed by atoms with Crippen molar-refractivity contribution < 1.29 is 24.5 Å². The summed E-state index contributed by atoms with van der Waals surface area (Å²) in [6, 6.07) is 5.69. The minimum atomic E-state index is -0.386. The Morgan fingerprint density at radius 2 is 1.84 bits per heavy atom. The Kier molecular flexibility index (Phi) is 5.12. The predicted molar refractivity (Wildman–Crippen MR) is 119 cm³/mol.